The van der Waals surface area contributed by atoms with Gasteiger partial charge in [-0.15, -0.1) is 0 Å². The van der Waals surface area contributed by atoms with Crippen molar-refractivity contribution in [3.05, 3.63) is 24.5 Å². The van der Waals surface area contributed by atoms with Gasteiger partial charge in [0.2, 0.25) is 0 Å². The molecule has 0 spiro atoms. The van der Waals surface area contributed by atoms with Crippen LogP contribution in [0.2, 0.25) is 0 Å². The van der Waals surface area contributed by atoms with Gasteiger partial charge in [0.15, 0.2) is 6.10 Å². The van der Waals surface area contributed by atoms with E-state index in [-0.39, 0.29) is 19.0 Å². The van der Waals surface area contributed by atoms with Gasteiger partial charge in [-0.25, -0.2) is 4.79 Å². The van der Waals surface area contributed by atoms with E-state index >= 15 is 0 Å². The Kier molecular flexibility index (Phi) is 3.46. The molecule has 94 valence electrons. The standard InChI is InChI=1S/C11H14O6/c1-6(12)2-3-9(14)17-8-5-16-10-7(13)4-15-11(8)10/h2-3,7-8,10-13H,1,4-5H2/b3-2-/t7-,8-,10-,11-/m1/s1. The van der Waals surface area contributed by atoms with Crippen molar-refractivity contribution >= 4 is 5.97 Å². The number of aliphatic hydroxyl groups excluding tert-OH is 2. The maximum Gasteiger partial charge on any atom is 0.331 e. The van der Waals surface area contributed by atoms with Gasteiger partial charge >= 0.3 is 5.97 Å². The van der Waals surface area contributed by atoms with E-state index in [0.29, 0.717) is 0 Å². The monoisotopic (exact) mass is 242 g/mol. The topological polar surface area (TPSA) is 85.2 Å². The molecule has 0 aromatic heterocycles. The third-order valence-electron chi connectivity index (χ3n) is 2.66. The molecule has 2 fully saturated rings. The van der Waals surface area contributed by atoms with E-state index in [1.54, 1.807) is 0 Å². The molecule has 6 heteroatoms. The molecular formula is C11H14O6. The normalized spacial score (nSPS) is 36.1. The molecule has 2 aliphatic heterocycles. The number of rotatable bonds is 3. The molecule has 2 aliphatic rings. The first-order valence-electron chi connectivity index (χ1n) is 5.26. The number of aliphatic hydroxyl groups is 2. The Balaban J connectivity index is 1.88. The first-order chi connectivity index (χ1) is 8.08. The largest absolute Gasteiger partial charge is 0.509 e. The highest BCUT2D eigenvalue weighted by Crippen LogP contribution is 2.28. The quantitative estimate of drug-likeness (QED) is 0.305. The lowest BCUT2D eigenvalue weighted by Crippen LogP contribution is -2.33. The molecule has 2 heterocycles. The molecule has 2 N–H and O–H groups in total. The summed E-state index contributed by atoms with van der Waals surface area (Å²) in [6.07, 6.45) is 0.170. The molecule has 0 amide bonds. The zero-order valence-corrected chi connectivity index (χ0v) is 9.11. The zero-order chi connectivity index (χ0) is 12.4. The summed E-state index contributed by atoms with van der Waals surface area (Å²) in [5.74, 6) is -0.838. The lowest BCUT2D eigenvalue weighted by molar-refractivity contribution is -0.147. The highest BCUT2D eigenvalue weighted by atomic mass is 16.6. The Bertz CT molecular complexity index is 350. The van der Waals surface area contributed by atoms with Crippen LogP contribution in [-0.4, -0.2) is 53.8 Å². The number of hydrogen-bond donors (Lipinski definition) is 2. The van der Waals surface area contributed by atoms with Crippen LogP contribution in [0.15, 0.2) is 24.5 Å². The lowest BCUT2D eigenvalue weighted by Gasteiger charge is -2.15. The minimum absolute atomic E-state index is 0.187. The van der Waals surface area contributed by atoms with Crippen LogP contribution in [0.5, 0.6) is 0 Å². The van der Waals surface area contributed by atoms with Crippen molar-refractivity contribution in [1.82, 2.24) is 0 Å². The second-order valence-corrected chi connectivity index (χ2v) is 3.96. The predicted molar refractivity (Wildman–Crippen MR) is 56.3 cm³/mol. The Labute approximate surface area is 98.1 Å². The number of hydrogen-bond acceptors (Lipinski definition) is 6. The molecule has 4 atom stereocenters. The van der Waals surface area contributed by atoms with Gasteiger partial charge in [0.05, 0.1) is 13.2 Å². The van der Waals surface area contributed by atoms with E-state index < -0.39 is 30.4 Å². The van der Waals surface area contributed by atoms with E-state index in [1.807, 2.05) is 0 Å². The van der Waals surface area contributed by atoms with Gasteiger partial charge in [0, 0.05) is 6.08 Å². The minimum Gasteiger partial charge on any atom is -0.509 e. The third-order valence-corrected chi connectivity index (χ3v) is 2.66. The van der Waals surface area contributed by atoms with Crippen molar-refractivity contribution in [2.75, 3.05) is 13.2 Å². The van der Waals surface area contributed by atoms with Crippen LogP contribution in [0.3, 0.4) is 0 Å². The number of carbonyl (C=O) groups is 1. The van der Waals surface area contributed by atoms with Gasteiger partial charge in [-0.1, -0.05) is 6.58 Å². The summed E-state index contributed by atoms with van der Waals surface area (Å²) in [6.45, 7) is 3.59. The number of allylic oxidation sites excluding steroid dienone is 1. The fourth-order valence-corrected chi connectivity index (χ4v) is 1.90. The number of carbonyl (C=O) groups excluding carboxylic acids is 1. The van der Waals surface area contributed by atoms with Gasteiger partial charge in [-0.3, -0.25) is 0 Å². The summed E-state index contributed by atoms with van der Waals surface area (Å²) in [6, 6.07) is 0. The van der Waals surface area contributed by atoms with Crippen LogP contribution in [0.25, 0.3) is 0 Å². The van der Waals surface area contributed by atoms with Gasteiger partial charge in [-0.2, -0.15) is 0 Å². The SMILES string of the molecule is C=C(O)/C=C\C(=O)O[C@@H]1CO[C@H]2[C@@H]1OC[C@H]2O. The second-order valence-electron chi connectivity index (χ2n) is 3.96. The average molecular weight is 242 g/mol. The summed E-state index contributed by atoms with van der Waals surface area (Å²) in [4.78, 5) is 11.3. The molecular weight excluding hydrogens is 228 g/mol. The average Bonchev–Trinajstić information content (AvgIpc) is 2.81. The van der Waals surface area contributed by atoms with Crippen LogP contribution < -0.4 is 0 Å². The molecule has 0 radical (unpaired) electrons. The van der Waals surface area contributed by atoms with E-state index in [4.69, 9.17) is 19.3 Å². The molecule has 2 saturated heterocycles. The molecule has 2 rings (SSSR count). The molecule has 0 bridgehead atoms. The number of esters is 1. The summed E-state index contributed by atoms with van der Waals surface area (Å²) in [5, 5.41) is 18.3. The van der Waals surface area contributed by atoms with Crippen LogP contribution in [0.4, 0.5) is 0 Å². The maximum atomic E-state index is 11.3. The van der Waals surface area contributed by atoms with E-state index in [2.05, 4.69) is 6.58 Å². The van der Waals surface area contributed by atoms with E-state index in [9.17, 15) is 9.90 Å². The first-order valence-corrected chi connectivity index (χ1v) is 5.26. The molecule has 6 nitrogen and oxygen atoms in total. The molecule has 0 saturated carbocycles. The molecule has 0 unspecified atom stereocenters. The number of ether oxygens (including phenoxy) is 3. The third kappa shape index (κ3) is 2.66. The lowest BCUT2D eigenvalue weighted by atomic mass is 10.1. The van der Waals surface area contributed by atoms with Gasteiger partial charge < -0.3 is 24.4 Å². The zero-order valence-electron chi connectivity index (χ0n) is 9.11. The number of fused-ring (bicyclic) bond motifs is 1. The van der Waals surface area contributed by atoms with Crippen molar-refractivity contribution in [1.29, 1.82) is 0 Å². The highest BCUT2D eigenvalue weighted by molar-refractivity contribution is 5.82. The molecule has 17 heavy (non-hydrogen) atoms. The summed E-state index contributed by atoms with van der Waals surface area (Å²) < 4.78 is 15.7. The van der Waals surface area contributed by atoms with Crippen LogP contribution in [0, 0.1) is 0 Å². The predicted octanol–water partition coefficient (Wildman–Crippen LogP) is -0.315. The summed E-state index contributed by atoms with van der Waals surface area (Å²) in [5.41, 5.74) is 0. The Morgan fingerprint density at radius 2 is 2.00 bits per heavy atom. The Morgan fingerprint density at radius 1 is 1.29 bits per heavy atom. The molecule has 0 aliphatic carbocycles. The Morgan fingerprint density at radius 3 is 2.71 bits per heavy atom. The maximum absolute atomic E-state index is 11.3. The minimum atomic E-state index is -0.670. The fraction of sp³-hybridized carbons (Fsp3) is 0.545. The molecule has 0 aromatic carbocycles. The summed E-state index contributed by atoms with van der Waals surface area (Å²) in [7, 11) is 0. The fourth-order valence-electron chi connectivity index (χ4n) is 1.90. The van der Waals surface area contributed by atoms with Crippen molar-refractivity contribution in [3.63, 3.8) is 0 Å². The van der Waals surface area contributed by atoms with Gasteiger partial charge in [0.25, 0.3) is 0 Å². The first kappa shape index (κ1) is 12.1. The van der Waals surface area contributed by atoms with Gasteiger partial charge in [0.1, 0.15) is 24.1 Å². The van der Waals surface area contributed by atoms with Crippen LogP contribution >= 0.6 is 0 Å². The van der Waals surface area contributed by atoms with Crippen LogP contribution in [-0.2, 0) is 19.0 Å². The second kappa shape index (κ2) is 4.87. The van der Waals surface area contributed by atoms with Crippen molar-refractivity contribution < 1.29 is 29.2 Å². The summed E-state index contributed by atoms with van der Waals surface area (Å²) >= 11 is 0. The van der Waals surface area contributed by atoms with Crippen molar-refractivity contribution in [2.45, 2.75) is 24.4 Å². The molecule has 0 aromatic rings. The van der Waals surface area contributed by atoms with E-state index in [0.717, 1.165) is 12.2 Å². The Hall–Kier alpha value is -1.37. The van der Waals surface area contributed by atoms with Crippen molar-refractivity contribution in [3.8, 4) is 0 Å². The van der Waals surface area contributed by atoms with Crippen LogP contribution in [0.1, 0.15) is 0 Å². The smallest absolute Gasteiger partial charge is 0.331 e. The van der Waals surface area contributed by atoms with Crippen molar-refractivity contribution in [2.24, 2.45) is 0 Å². The van der Waals surface area contributed by atoms with Gasteiger partial charge in [-0.05, 0) is 6.08 Å². The van der Waals surface area contributed by atoms with E-state index in [1.165, 1.54) is 0 Å². The highest BCUT2D eigenvalue weighted by Gasteiger charge is 2.48.